The smallest absolute Gasteiger partial charge is 0.329 e. The fraction of sp³-hybridized carbons (Fsp3) is 0.467. The molecule has 1 aromatic rings. The maximum Gasteiger partial charge on any atom is 0.329 e. The van der Waals surface area contributed by atoms with Crippen LogP contribution in [0.3, 0.4) is 0 Å². The van der Waals surface area contributed by atoms with Gasteiger partial charge in [-0.25, -0.2) is 9.18 Å². The Hall–Kier alpha value is -2.11. The van der Waals surface area contributed by atoms with Crippen molar-refractivity contribution < 1.29 is 23.8 Å². The highest BCUT2D eigenvalue weighted by Gasteiger charge is 2.34. The monoisotopic (exact) mass is 297 g/mol. The lowest BCUT2D eigenvalue weighted by Gasteiger charge is -2.31. The second-order valence-electron chi connectivity index (χ2n) is 5.25. The van der Waals surface area contributed by atoms with Gasteiger partial charge in [0.2, 0.25) is 5.91 Å². The number of hydrogen-bond acceptors (Lipinski definition) is 3. The molecule has 0 spiro atoms. The normalized spacial score (nSPS) is 11.1. The molecule has 116 valence electrons. The Morgan fingerprint density at radius 3 is 2.52 bits per heavy atom. The summed E-state index contributed by atoms with van der Waals surface area (Å²) in [4.78, 5) is 24.3. The molecule has 0 aliphatic rings. The molecule has 1 N–H and O–H groups in total. The van der Waals surface area contributed by atoms with Crippen LogP contribution in [0.25, 0.3) is 0 Å². The third-order valence-corrected chi connectivity index (χ3v) is 3.61. The summed E-state index contributed by atoms with van der Waals surface area (Å²) in [5.74, 6) is -1.82. The van der Waals surface area contributed by atoms with E-state index < -0.39 is 17.3 Å². The summed E-state index contributed by atoms with van der Waals surface area (Å²) in [7, 11) is 2.80. The Labute approximate surface area is 123 Å². The minimum absolute atomic E-state index is 0.0251. The van der Waals surface area contributed by atoms with Crippen LogP contribution in [0.4, 0.5) is 4.39 Å². The fourth-order valence-corrected chi connectivity index (χ4v) is 1.77. The first-order valence-electron chi connectivity index (χ1n) is 6.53. The van der Waals surface area contributed by atoms with Gasteiger partial charge in [-0.15, -0.1) is 0 Å². The number of aliphatic carboxylic acids is 1. The summed E-state index contributed by atoms with van der Waals surface area (Å²) in [6.45, 7) is 2.89. The van der Waals surface area contributed by atoms with E-state index in [9.17, 15) is 14.0 Å². The molecule has 0 radical (unpaired) electrons. The number of hydrogen-bond donors (Lipinski definition) is 1. The molecule has 0 saturated heterocycles. The van der Waals surface area contributed by atoms with Crippen molar-refractivity contribution in [2.45, 2.75) is 32.2 Å². The Bertz CT molecular complexity index is 542. The predicted molar refractivity (Wildman–Crippen MR) is 75.8 cm³/mol. The molecule has 0 saturated carbocycles. The van der Waals surface area contributed by atoms with Crippen LogP contribution >= 0.6 is 0 Å². The van der Waals surface area contributed by atoms with Gasteiger partial charge < -0.3 is 14.7 Å². The van der Waals surface area contributed by atoms with Crippen LogP contribution in [0.15, 0.2) is 18.2 Å². The molecule has 6 heteroatoms. The third-order valence-electron chi connectivity index (χ3n) is 3.61. The largest absolute Gasteiger partial charge is 0.494 e. The van der Waals surface area contributed by atoms with Gasteiger partial charge in [0.1, 0.15) is 5.54 Å². The van der Waals surface area contributed by atoms with Crippen LogP contribution in [-0.2, 0) is 16.0 Å². The molecule has 1 rings (SSSR count). The molecule has 0 bridgehead atoms. The molecule has 0 aliphatic carbocycles. The van der Waals surface area contributed by atoms with Crippen molar-refractivity contribution in [1.29, 1.82) is 0 Å². The zero-order valence-corrected chi connectivity index (χ0v) is 12.6. The Kier molecular flexibility index (Phi) is 5.29. The number of nitrogens with zero attached hydrogens (tertiary/aromatic N) is 1. The molecule has 0 atom stereocenters. The number of carbonyl (C=O) groups is 2. The van der Waals surface area contributed by atoms with Crippen LogP contribution in [0.2, 0.25) is 0 Å². The minimum atomic E-state index is -1.30. The minimum Gasteiger partial charge on any atom is -0.494 e. The number of benzene rings is 1. The number of ether oxygens (including phenoxy) is 1. The number of likely N-dealkylation sites (N-methyl/N-ethyl adjacent to an activating group) is 1. The lowest BCUT2D eigenvalue weighted by atomic mass is 10.0. The number of methoxy groups -OCH3 is 1. The lowest BCUT2D eigenvalue weighted by molar-refractivity contribution is -0.155. The van der Waals surface area contributed by atoms with Gasteiger partial charge in [-0.05, 0) is 31.9 Å². The first-order valence-corrected chi connectivity index (χ1v) is 6.53. The standard InChI is InChI=1S/C15H20FNO4/c1-15(2,14(19)20)17(3)12(18)9-8-10-6-5-7-11(21-4)13(10)16/h5-7H,8-9H2,1-4H3,(H,19,20). The summed E-state index contributed by atoms with van der Waals surface area (Å²) in [6.07, 6.45) is 0.208. The van der Waals surface area contributed by atoms with Gasteiger partial charge in [0.25, 0.3) is 0 Å². The van der Waals surface area contributed by atoms with Gasteiger partial charge in [0.15, 0.2) is 11.6 Å². The first kappa shape index (κ1) is 16.9. The topological polar surface area (TPSA) is 66.8 Å². The van der Waals surface area contributed by atoms with E-state index in [1.807, 2.05) is 0 Å². The van der Waals surface area contributed by atoms with Crippen molar-refractivity contribution in [3.63, 3.8) is 0 Å². The number of carbonyl (C=O) groups excluding carboxylic acids is 1. The van der Waals surface area contributed by atoms with Crippen molar-refractivity contribution >= 4 is 11.9 Å². The van der Waals surface area contributed by atoms with E-state index in [0.717, 1.165) is 4.90 Å². The highest BCUT2D eigenvalue weighted by atomic mass is 19.1. The average Bonchev–Trinajstić information content (AvgIpc) is 2.44. The maximum absolute atomic E-state index is 13.9. The summed E-state index contributed by atoms with van der Waals surface area (Å²) >= 11 is 0. The van der Waals surface area contributed by atoms with Crippen molar-refractivity contribution in [2.24, 2.45) is 0 Å². The van der Waals surface area contributed by atoms with Crippen molar-refractivity contribution in [2.75, 3.05) is 14.2 Å². The molecule has 0 aromatic heterocycles. The summed E-state index contributed by atoms with van der Waals surface area (Å²) in [5, 5.41) is 9.09. The molecular formula is C15H20FNO4. The van der Waals surface area contributed by atoms with Crippen LogP contribution < -0.4 is 4.74 Å². The highest BCUT2D eigenvalue weighted by Crippen LogP contribution is 2.22. The van der Waals surface area contributed by atoms with E-state index in [2.05, 4.69) is 0 Å². The molecule has 0 unspecified atom stereocenters. The molecular weight excluding hydrogens is 277 g/mol. The Morgan fingerprint density at radius 1 is 1.38 bits per heavy atom. The number of rotatable bonds is 6. The molecule has 1 aromatic carbocycles. The average molecular weight is 297 g/mol. The lowest BCUT2D eigenvalue weighted by Crippen LogP contribution is -2.50. The zero-order chi connectivity index (χ0) is 16.2. The predicted octanol–water partition coefficient (Wildman–Crippen LogP) is 2.09. The summed E-state index contributed by atoms with van der Waals surface area (Å²) in [5.41, 5.74) is -0.937. The van der Waals surface area contributed by atoms with Crippen LogP contribution in [-0.4, -0.2) is 41.6 Å². The summed E-state index contributed by atoms with van der Waals surface area (Å²) in [6, 6.07) is 4.72. The van der Waals surface area contributed by atoms with E-state index in [4.69, 9.17) is 9.84 Å². The molecule has 0 heterocycles. The first-order chi connectivity index (χ1) is 9.71. The fourth-order valence-electron chi connectivity index (χ4n) is 1.77. The quantitative estimate of drug-likeness (QED) is 0.873. The molecule has 21 heavy (non-hydrogen) atoms. The van der Waals surface area contributed by atoms with Gasteiger partial charge in [-0.3, -0.25) is 4.79 Å². The van der Waals surface area contributed by atoms with E-state index in [1.165, 1.54) is 34.1 Å². The number of carboxylic acids is 1. The van der Waals surface area contributed by atoms with Gasteiger partial charge >= 0.3 is 5.97 Å². The zero-order valence-electron chi connectivity index (χ0n) is 12.6. The van der Waals surface area contributed by atoms with Crippen LogP contribution in [0.1, 0.15) is 25.8 Å². The van der Waals surface area contributed by atoms with Crippen molar-refractivity contribution in [1.82, 2.24) is 4.90 Å². The number of amides is 1. The van der Waals surface area contributed by atoms with E-state index >= 15 is 0 Å². The van der Waals surface area contributed by atoms with Gasteiger partial charge in [-0.2, -0.15) is 0 Å². The van der Waals surface area contributed by atoms with Crippen molar-refractivity contribution in [3.8, 4) is 5.75 Å². The van der Waals surface area contributed by atoms with Gasteiger partial charge in [-0.1, -0.05) is 12.1 Å². The van der Waals surface area contributed by atoms with Crippen LogP contribution in [0.5, 0.6) is 5.75 Å². The number of aryl methyl sites for hydroxylation is 1. The van der Waals surface area contributed by atoms with E-state index in [-0.39, 0.29) is 24.5 Å². The molecule has 0 fully saturated rings. The van der Waals surface area contributed by atoms with Gasteiger partial charge in [0, 0.05) is 13.5 Å². The van der Waals surface area contributed by atoms with E-state index in [0.29, 0.717) is 5.56 Å². The van der Waals surface area contributed by atoms with E-state index in [1.54, 1.807) is 12.1 Å². The Morgan fingerprint density at radius 2 is 2.00 bits per heavy atom. The SMILES string of the molecule is COc1cccc(CCC(=O)N(C)C(C)(C)C(=O)O)c1F. The highest BCUT2D eigenvalue weighted by molar-refractivity contribution is 5.86. The molecule has 0 aliphatic heterocycles. The number of halogens is 1. The second kappa shape index (κ2) is 6.56. The maximum atomic E-state index is 13.9. The van der Waals surface area contributed by atoms with Gasteiger partial charge in [0.05, 0.1) is 7.11 Å². The van der Waals surface area contributed by atoms with Crippen molar-refractivity contribution in [3.05, 3.63) is 29.6 Å². The number of carboxylic acid groups (broad SMARTS) is 1. The third kappa shape index (κ3) is 3.71. The van der Waals surface area contributed by atoms with Crippen LogP contribution in [0, 0.1) is 5.82 Å². The second-order valence-corrected chi connectivity index (χ2v) is 5.25. The Balaban J connectivity index is 2.76. The summed E-state index contributed by atoms with van der Waals surface area (Å²) < 4.78 is 18.8. The molecule has 1 amide bonds. The molecule has 5 nitrogen and oxygen atoms in total.